The monoisotopic (exact) mass is 409 g/mol. The molecule has 10 heteroatoms. The zero-order chi connectivity index (χ0) is 18.5. The normalized spacial score (nSPS) is 10.6. The molecule has 0 saturated heterocycles. The number of aromatic amines is 1. The molecule has 0 spiro atoms. The van der Waals surface area contributed by atoms with E-state index in [9.17, 15) is 4.79 Å². The Balaban J connectivity index is 1.63. The molecule has 134 valence electrons. The fourth-order valence-electron chi connectivity index (χ4n) is 2.06. The molecule has 2 N–H and O–H groups in total. The van der Waals surface area contributed by atoms with Crippen molar-refractivity contribution in [2.24, 2.45) is 0 Å². The Kier molecular flexibility index (Phi) is 5.97. The second-order valence-electron chi connectivity index (χ2n) is 5.01. The number of hydrogen-bond donors (Lipinski definition) is 2. The van der Waals surface area contributed by atoms with E-state index < -0.39 is 0 Å². The Morgan fingerprint density at radius 3 is 2.81 bits per heavy atom. The lowest BCUT2D eigenvalue weighted by atomic mass is 10.2. The smallest absolute Gasteiger partial charge is 0.236 e. The number of carbonyl (C=O) groups is 1. The molecular weight excluding hydrogens is 397 g/mol. The predicted molar refractivity (Wildman–Crippen MR) is 102 cm³/mol. The van der Waals surface area contributed by atoms with E-state index in [0.29, 0.717) is 38.2 Å². The number of benzene rings is 1. The molecule has 3 rings (SSSR count). The number of anilines is 1. The number of aromatic nitrogens is 4. The molecule has 0 radical (unpaired) electrons. The molecule has 0 unspecified atom stereocenters. The molecule has 2 aromatic heterocycles. The molecule has 1 aromatic carbocycles. The summed E-state index contributed by atoms with van der Waals surface area (Å²) in [6, 6.07) is 8.48. The number of methoxy groups -OCH3 is 1. The quantitative estimate of drug-likeness (QED) is 0.599. The third kappa shape index (κ3) is 4.66. The van der Waals surface area contributed by atoms with E-state index in [1.54, 1.807) is 37.4 Å². The average Bonchev–Trinajstić information content (AvgIpc) is 3.11. The minimum Gasteiger partial charge on any atom is -0.496 e. The number of pyridine rings is 1. The molecule has 0 atom stereocenters. The maximum absolute atomic E-state index is 12.0. The molecule has 0 fully saturated rings. The number of nitrogens with zero attached hydrogens (tertiary/aromatic N) is 3. The number of carbonyl (C=O) groups excluding carboxylic acids is 1. The highest BCUT2D eigenvalue weighted by molar-refractivity contribution is 7.99. The number of thioether (sulfide) groups is 1. The fourth-order valence-corrected chi connectivity index (χ4v) is 2.94. The van der Waals surface area contributed by atoms with Gasteiger partial charge in [0, 0.05) is 11.2 Å². The third-order valence-electron chi connectivity index (χ3n) is 3.21. The number of halogens is 2. The molecule has 7 nitrogen and oxygen atoms in total. The molecule has 0 aliphatic rings. The van der Waals surface area contributed by atoms with E-state index >= 15 is 0 Å². The third-order valence-corrected chi connectivity index (χ3v) is 4.51. The summed E-state index contributed by atoms with van der Waals surface area (Å²) in [5.74, 6) is 1.46. The van der Waals surface area contributed by atoms with Crippen LogP contribution >= 0.6 is 35.0 Å². The minimum atomic E-state index is -0.225. The summed E-state index contributed by atoms with van der Waals surface area (Å²) in [6.07, 6.45) is 1.46. The van der Waals surface area contributed by atoms with Crippen LogP contribution in [0.25, 0.3) is 11.4 Å². The van der Waals surface area contributed by atoms with E-state index in [1.807, 2.05) is 0 Å². The van der Waals surface area contributed by atoms with Crippen molar-refractivity contribution in [2.45, 2.75) is 5.16 Å². The summed E-state index contributed by atoms with van der Waals surface area (Å²) in [5, 5.41) is 11.1. The first kappa shape index (κ1) is 18.5. The Morgan fingerprint density at radius 1 is 1.27 bits per heavy atom. The molecule has 0 aliphatic heterocycles. The van der Waals surface area contributed by atoms with Gasteiger partial charge in [-0.2, -0.15) is 0 Å². The summed E-state index contributed by atoms with van der Waals surface area (Å²) in [7, 11) is 1.56. The van der Waals surface area contributed by atoms with Gasteiger partial charge in [-0.15, -0.1) is 5.10 Å². The first-order valence-corrected chi connectivity index (χ1v) is 9.10. The fraction of sp³-hybridized carbons (Fsp3) is 0.125. The first-order chi connectivity index (χ1) is 12.5. The van der Waals surface area contributed by atoms with Crippen molar-refractivity contribution >= 4 is 46.7 Å². The van der Waals surface area contributed by atoms with Gasteiger partial charge in [-0.3, -0.25) is 9.89 Å². The van der Waals surface area contributed by atoms with Gasteiger partial charge < -0.3 is 10.1 Å². The largest absolute Gasteiger partial charge is 0.496 e. The second-order valence-corrected chi connectivity index (χ2v) is 6.83. The Labute approximate surface area is 163 Å². The van der Waals surface area contributed by atoms with Crippen molar-refractivity contribution in [1.29, 1.82) is 0 Å². The van der Waals surface area contributed by atoms with Gasteiger partial charge in [0.15, 0.2) is 5.82 Å². The predicted octanol–water partition coefficient (Wildman–Crippen LogP) is 3.91. The minimum absolute atomic E-state index is 0.133. The van der Waals surface area contributed by atoms with Crippen LogP contribution in [-0.4, -0.2) is 38.9 Å². The Bertz CT molecular complexity index is 917. The van der Waals surface area contributed by atoms with Gasteiger partial charge in [-0.05, 0) is 30.3 Å². The lowest BCUT2D eigenvalue weighted by molar-refractivity contribution is -0.113. The summed E-state index contributed by atoms with van der Waals surface area (Å²) in [6.45, 7) is 0. The van der Waals surface area contributed by atoms with Crippen LogP contribution in [0.15, 0.2) is 41.7 Å². The SMILES string of the molecule is COc1ccc(Cl)cc1-c1nc(SCC(=O)Nc2ccc(Cl)cn2)n[nH]1. The van der Waals surface area contributed by atoms with Gasteiger partial charge in [0.05, 0.1) is 23.4 Å². The summed E-state index contributed by atoms with van der Waals surface area (Å²) in [4.78, 5) is 20.4. The van der Waals surface area contributed by atoms with Crippen LogP contribution in [0, 0.1) is 0 Å². The first-order valence-electron chi connectivity index (χ1n) is 7.35. The van der Waals surface area contributed by atoms with Gasteiger partial charge in [0.25, 0.3) is 0 Å². The van der Waals surface area contributed by atoms with E-state index in [0.717, 1.165) is 0 Å². The standard InChI is InChI=1S/C16H13Cl2N5O2S/c1-25-12-4-2-9(17)6-11(12)15-21-16(23-22-15)26-8-14(24)20-13-5-3-10(18)7-19-13/h2-7H,8H2,1H3,(H,19,20,24)(H,21,22,23). The van der Waals surface area contributed by atoms with Crippen molar-refractivity contribution in [1.82, 2.24) is 20.2 Å². The highest BCUT2D eigenvalue weighted by atomic mass is 35.5. The van der Waals surface area contributed by atoms with Crippen LogP contribution in [0.4, 0.5) is 5.82 Å². The van der Waals surface area contributed by atoms with Gasteiger partial charge in [0.2, 0.25) is 11.1 Å². The molecule has 26 heavy (non-hydrogen) atoms. The molecule has 2 heterocycles. The number of amides is 1. The van der Waals surface area contributed by atoms with E-state index in [4.69, 9.17) is 27.9 Å². The average molecular weight is 410 g/mol. The second kappa shape index (κ2) is 8.39. The van der Waals surface area contributed by atoms with E-state index in [2.05, 4.69) is 25.5 Å². The lowest BCUT2D eigenvalue weighted by Gasteiger charge is -2.05. The van der Waals surface area contributed by atoms with E-state index in [-0.39, 0.29) is 11.7 Å². The van der Waals surface area contributed by atoms with Crippen LogP contribution < -0.4 is 10.1 Å². The van der Waals surface area contributed by atoms with Crippen LogP contribution in [0.1, 0.15) is 0 Å². The van der Waals surface area contributed by atoms with Crippen LogP contribution in [0.2, 0.25) is 10.0 Å². The highest BCUT2D eigenvalue weighted by Crippen LogP contribution is 2.31. The van der Waals surface area contributed by atoms with E-state index in [1.165, 1.54) is 18.0 Å². The zero-order valence-corrected chi connectivity index (χ0v) is 15.8. The Hall–Kier alpha value is -2.29. The molecule has 3 aromatic rings. The maximum Gasteiger partial charge on any atom is 0.236 e. The Morgan fingerprint density at radius 2 is 2.08 bits per heavy atom. The number of hydrogen-bond acceptors (Lipinski definition) is 6. The number of nitrogens with one attached hydrogen (secondary N) is 2. The molecule has 0 bridgehead atoms. The lowest BCUT2D eigenvalue weighted by Crippen LogP contribution is -2.14. The number of ether oxygens (including phenoxy) is 1. The molecular formula is C16H13Cl2N5O2S. The van der Waals surface area contributed by atoms with Crippen LogP contribution in [0.5, 0.6) is 5.75 Å². The van der Waals surface area contributed by atoms with Gasteiger partial charge in [0.1, 0.15) is 11.6 Å². The molecule has 1 amide bonds. The van der Waals surface area contributed by atoms with Crippen molar-refractivity contribution in [3.8, 4) is 17.1 Å². The molecule has 0 saturated carbocycles. The summed E-state index contributed by atoms with van der Waals surface area (Å²) in [5.41, 5.74) is 0.689. The van der Waals surface area contributed by atoms with Gasteiger partial charge >= 0.3 is 0 Å². The maximum atomic E-state index is 12.0. The zero-order valence-electron chi connectivity index (χ0n) is 13.5. The number of H-pyrrole nitrogens is 1. The topological polar surface area (TPSA) is 92.8 Å². The summed E-state index contributed by atoms with van der Waals surface area (Å²) < 4.78 is 5.30. The highest BCUT2D eigenvalue weighted by Gasteiger charge is 2.13. The molecule has 0 aliphatic carbocycles. The van der Waals surface area contributed by atoms with Crippen molar-refractivity contribution in [3.63, 3.8) is 0 Å². The van der Waals surface area contributed by atoms with Gasteiger partial charge in [-0.25, -0.2) is 9.97 Å². The van der Waals surface area contributed by atoms with Gasteiger partial charge in [-0.1, -0.05) is 35.0 Å². The van der Waals surface area contributed by atoms with Crippen molar-refractivity contribution < 1.29 is 9.53 Å². The summed E-state index contributed by atoms with van der Waals surface area (Å²) >= 11 is 13.0. The van der Waals surface area contributed by atoms with Crippen molar-refractivity contribution in [2.75, 3.05) is 18.2 Å². The van der Waals surface area contributed by atoms with Crippen molar-refractivity contribution in [3.05, 3.63) is 46.6 Å². The van der Waals surface area contributed by atoms with Crippen LogP contribution in [-0.2, 0) is 4.79 Å². The number of rotatable bonds is 6. The van der Waals surface area contributed by atoms with Crippen LogP contribution in [0.3, 0.4) is 0 Å².